The molecule has 0 aliphatic heterocycles. The van der Waals surface area contributed by atoms with Gasteiger partial charge in [0.25, 0.3) is 5.91 Å². The Balaban J connectivity index is 1.93. The van der Waals surface area contributed by atoms with Gasteiger partial charge in [0.15, 0.2) is 5.69 Å². The molecule has 11 heteroatoms. The van der Waals surface area contributed by atoms with Gasteiger partial charge in [0.2, 0.25) is 15.9 Å². The molecule has 2 aromatic carbocycles. The first kappa shape index (κ1) is 22.1. The highest BCUT2D eigenvalue weighted by Gasteiger charge is 2.24. The summed E-state index contributed by atoms with van der Waals surface area (Å²) in [6, 6.07) is 11.6. The van der Waals surface area contributed by atoms with Crippen molar-refractivity contribution in [2.24, 2.45) is 17.3 Å². The molecule has 3 aromatic rings. The van der Waals surface area contributed by atoms with Crippen molar-refractivity contribution in [3.05, 3.63) is 42.5 Å². The van der Waals surface area contributed by atoms with Crippen molar-refractivity contribution in [1.82, 2.24) is 4.57 Å². The van der Waals surface area contributed by atoms with Crippen LogP contribution in [0.3, 0.4) is 0 Å². The van der Waals surface area contributed by atoms with Gasteiger partial charge in [0, 0.05) is 18.5 Å². The number of aromatic nitrogens is 1. The van der Waals surface area contributed by atoms with E-state index >= 15 is 0 Å². The Morgan fingerprint density at radius 1 is 1.16 bits per heavy atom. The molecule has 0 radical (unpaired) electrons. The number of aromatic hydroxyl groups is 1. The summed E-state index contributed by atoms with van der Waals surface area (Å²) in [5.74, 6) is -0.308. The summed E-state index contributed by atoms with van der Waals surface area (Å²) in [6.07, 6.45) is 0.970. The van der Waals surface area contributed by atoms with Crippen molar-refractivity contribution in [3.63, 3.8) is 0 Å². The van der Waals surface area contributed by atoms with Crippen LogP contribution < -0.4 is 13.8 Å². The molecule has 0 spiro atoms. The van der Waals surface area contributed by atoms with Crippen LogP contribution in [0.4, 0.5) is 11.4 Å². The van der Waals surface area contributed by atoms with Gasteiger partial charge in [-0.3, -0.25) is 9.10 Å². The van der Waals surface area contributed by atoms with Gasteiger partial charge in [-0.15, -0.1) is 10.2 Å². The molecule has 1 heterocycles. The first-order valence-corrected chi connectivity index (χ1v) is 10.9. The third kappa shape index (κ3) is 4.45. The Bertz CT molecular complexity index is 1270. The number of aryl methyl sites for hydroxylation is 1. The number of para-hydroxylation sites is 1. The maximum atomic E-state index is 12.5. The SMILES string of the molecule is COc1ccc(N(CC(=O)N=Nc2c(O)n(C)c3ccccc23)S(C)(=O)=O)c(OC)c1. The Kier molecular flexibility index (Phi) is 6.16. The highest BCUT2D eigenvalue weighted by atomic mass is 32.2. The molecule has 0 aliphatic rings. The maximum Gasteiger partial charge on any atom is 0.285 e. The minimum atomic E-state index is -3.85. The monoisotopic (exact) mass is 446 g/mol. The number of azo groups is 1. The summed E-state index contributed by atoms with van der Waals surface area (Å²) in [5, 5.41) is 18.4. The topological polar surface area (TPSA) is 123 Å². The molecular formula is C20H22N4O6S. The lowest BCUT2D eigenvalue weighted by molar-refractivity contribution is -0.116. The van der Waals surface area contributed by atoms with E-state index in [2.05, 4.69) is 10.2 Å². The number of amides is 1. The average Bonchev–Trinajstić information content (AvgIpc) is 2.99. The first-order valence-electron chi connectivity index (χ1n) is 9.08. The quantitative estimate of drug-likeness (QED) is 0.557. The molecular weight excluding hydrogens is 424 g/mol. The lowest BCUT2D eigenvalue weighted by Gasteiger charge is -2.23. The highest BCUT2D eigenvalue weighted by Crippen LogP contribution is 2.38. The zero-order valence-corrected chi connectivity index (χ0v) is 18.3. The van der Waals surface area contributed by atoms with E-state index in [0.29, 0.717) is 16.7 Å². The second-order valence-electron chi connectivity index (χ2n) is 6.65. The van der Waals surface area contributed by atoms with Crippen molar-refractivity contribution in [3.8, 4) is 17.4 Å². The number of hydrogen-bond donors (Lipinski definition) is 1. The molecule has 1 aromatic heterocycles. The fraction of sp³-hybridized carbons (Fsp3) is 0.250. The van der Waals surface area contributed by atoms with Crippen LogP contribution in [-0.4, -0.2) is 51.0 Å². The Morgan fingerprint density at radius 3 is 2.52 bits per heavy atom. The second-order valence-corrected chi connectivity index (χ2v) is 8.56. The summed E-state index contributed by atoms with van der Waals surface area (Å²) in [6.45, 7) is -0.601. The van der Waals surface area contributed by atoms with Gasteiger partial charge in [0.1, 0.15) is 18.0 Å². The van der Waals surface area contributed by atoms with Crippen molar-refractivity contribution in [1.29, 1.82) is 0 Å². The van der Waals surface area contributed by atoms with Gasteiger partial charge >= 0.3 is 0 Å². The third-order valence-corrected chi connectivity index (χ3v) is 5.77. The molecule has 0 saturated carbocycles. The predicted molar refractivity (Wildman–Crippen MR) is 116 cm³/mol. The van der Waals surface area contributed by atoms with Gasteiger partial charge in [-0.1, -0.05) is 18.2 Å². The molecule has 1 amide bonds. The zero-order chi connectivity index (χ0) is 22.8. The molecule has 10 nitrogen and oxygen atoms in total. The number of sulfonamides is 1. The maximum absolute atomic E-state index is 12.5. The smallest absolute Gasteiger partial charge is 0.285 e. The summed E-state index contributed by atoms with van der Waals surface area (Å²) >= 11 is 0. The van der Waals surface area contributed by atoms with E-state index in [1.165, 1.54) is 30.9 Å². The number of methoxy groups -OCH3 is 2. The highest BCUT2D eigenvalue weighted by molar-refractivity contribution is 7.92. The lowest BCUT2D eigenvalue weighted by Crippen LogP contribution is -2.34. The molecule has 0 atom stereocenters. The molecule has 1 N–H and O–H groups in total. The number of carbonyl (C=O) groups excluding carboxylic acids is 1. The summed E-state index contributed by atoms with van der Waals surface area (Å²) in [4.78, 5) is 12.5. The number of nitrogens with zero attached hydrogens (tertiary/aromatic N) is 4. The van der Waals surface area contributed by atoms with Gasteiger partial charge in [0.05, 0.1) is 31.7 Å². The van der Waals surface area contributed by atoms with Crippen LogP contribution in [0.1, 0.15) is 0 Å². The molecule has 0 saturated heterocycles. The van der Waals surface area contributed by atoms with Crippen LogP contribution in [0.25, 0.3) is 10.9 Å². The lowest BCUT2D eigenvalue weighted by atomic mass is 10.2. The van der Waals surface area contributed by atoms with Gasteiger partial charge in [-0.2, -0.15) is 0 Å². The van der Waals surface area contributed by atoms with Crippen LogP contribution in [0.5, 0.6) is 17.4 Å². The molecule has 0 unspecified atom stereocenters. The number of fused-ring (bicyclic) bond motifs is 1. The normalized spacial score (nSPS) is 11.7. The van der Waals surface area contributed by atoms with E-state index in [-0.39, 0.29) is 23.0 Å². The molecule has 31 heavy (non-hydrogen) atoms. The summed E-state index contributed by atoms with van der Waals surface area (Å²) in [7, 11) is 0.648. The number of hydrogen-bond acceptors (Lipinski definition) is 7. The number of ether oxygens (including phenoxy) is 2. The molecule has 3 rings (SSSR count). The van der Waals surface area contributed by atoms with Crippen molar-refractivity contribution >= 4 is 38.2 Å². The Labute approximate surface area is 179 Å². The van der Waals surface area contributed by atoms with E-state index in [1.54, 1.807) is 37.4 Å². The fourth-order valence-corrected chi connectivity index (χ4v) is 3.94. The van der Waals surface area contributed by atoms with Crippen molar-refractivity contribution < 1.29 is 27.8 Å². The predicted octanol–water partition coefficient (Wildman–Crippen LogP) is 2.98. The van der Waals surface area contributed by atoms with Gasteiger partial charge in [-0.05, 0) is 18.2 Å². The van der Waals surface area contributed by atoms with Crippen LogP contribution in [0.15, 0.2) is 52.7 Å². The van der Waals surface area contributed by atoms with E-state index in [1.807, 2.05) is 0 Å². The minimum Gasteiger partial charge on any atom is -0.497 e. The van der Waals surface area contributed by atoms with Crippen LogP contribution in [0.2, 0.25) is 0 Å². The van der Waals surface area contributed by atoms with Gasteiger partial charge in [-0.25, -0.2) is 8.42 Å². The third-order valence-electron chi connectivity index (χ3n) is 4.65. The van der Waals surface area contributed by atoms with Crippen molar-refractivity contribution in [2.75, 3.05) is 31.3 Å². The number of benzene rings is 2. The standard InChI is InChI=1S/C20H22N4O6S/c1-23-15-8-6-5-7-14(15)19(20(23)26)22-21-18(25)12-24(31(4,27)28)16-10-9-13(29-2)11-17(16)30-3/h5-11,26H,12H2,1-4H3. The minimum absolute atomic E-state index is 0.124. The zero-order valence-electron chi connectivity index (χ0n) is 17.4. The Hall–Kier alpha value is -3.60. The molecule has 0 aliphatic carbocycles. The average molecular weight is 446 g/mol. The van der Waals surface area contributed by atoms with E-state index in [0.717, 1.165) is 10.6 Å². The van der Waals surface area contributed by atoms with Crippen LogP contribution in [0, 0.1) is 0 Å². The first-order chi connectivity index (χ1) is 14.7. The van der Waals surface area contributed by atoms with Crippen LogP contribution in [-0.2, 0) is 21.9 Å². The van der Waals surface area contributed by atoms with E-state index in [4.69, 9.17) is 9.47 Å². The summed E-state index contributed by atoms with van der Waals surface area (Å²) in [5.41, 5.74) is 0.990. The molecule has 0 bridgehead atoms. The molecule has 164 valence electrons. The van der Waals surface area contributed by atoms with Crippen molar-refractivity contribution in [2.45, 2.75) is 0 Å². The largest absolute Gasteiger partial charge is 0.497 e. The number of anilines is 1. The fourth-order valence-electron chi connectivity index (χ4n) is 3.09. The van der Waals surface area contributed by atoms with Crippen LogP contribution >= 0.6 is 0 Å². The number of rotatable bonds is 7. The van der Waals surface area contributed by atoms with E-state index in [9.17, 15) is 18.3 Å². The molecule has 0 fully saturated rings. The summed E-state index contributed by atoms with van der Waals surface area (Å²) < 4.78 is 37.5. The second kappa shape index (κ2) is 8.64. The van der Waals surface area contributed by atoms with E-state index < -0.39 is 22.5 Å². The number of carbonyl (C=O) groups is 1. The van der Waals surface area contributed by atoms with Gasteiger partial charge < -0.3 is 19.1 Å². The Morgan fingerprint density at radius 2 is 1.87 bits per heavy atom.